The minimum atomic E-state index is -0.589. The highest BCUT2D eigenvalue weighted by molar-refractivity contribution is 8.00. The summed E-state index contributed by atoms with van der Waals surface area (Å²) in [4.78, 5) is 1.22. The highest BCUT2D eigenvalue weighted by Crippen LogP contribution is 2.33. The largest absolute Gasteiger partial charge is 0.387 e. The lowest BCUT2D eigenvalue weighted by Crippen LogP contribution is -2.16. The van der Waals surface area contributed by atoms with E-state index in [0.29, 0.717) is 13.2 Å². The Hall–Kier alpha value is -1.55. The van der Waals surface area contributed by atoms with Gasteiger partial charge in [0.25, 0.3) is 0 Å². The maximum atomic E-state index is 10.0. The third-order valence-electron chi connectivity index (χ3n) is 3.24. The van der Waals surface area contributed by atoms with Crippen molar-refractivity contribution in [1.82, 2.24) is 0 Å². The zero-order valence-electron chi connectivity index (χ0n) is 13.7. The van der Waals surface area contributed by atoms with Crippen molar-refractivity contribution in [2.24, 2.45) is 0 Å². The molecule has 2 nitrogen and oxygen atoms in total. The average molecular weight is 328 g/mol. The molecule has 1 atom stereocenters. The van der Waals surface area contributed by atoms with Crippen LogP contribution in [-0.4, -0.2) is 22.6 Å². The van der Waals surface area contributed by atoms with Gasteiger partial charge in [-0.1, -0.05) is 60.7 Å². The minimum absolute atomic E-state index is 0.0816. The van der Waals surface area contributed by atoms with Crippen LogP contribution in [-0.2, 0) is 11.3 Å². The van der Waals surface area contributed by atoms with Gasteiger partial charge in [0, 0.05) is 9.64 Å². The summed E-state index contributed by atoms with van der Waals surface area (Å²) in [7, 11) is 0. The molecule has 0 radical (unpaired) electrons. The fraction of sp³-hybridized carbons (Fsp3) is 0.300. The molecule has 1 N–H and O–H groups in total. The first-order valence-electron chi connectivity index (χ1n) is 7.78. The first kappa shape index (κ1) is 17.8. The smallest absolute Gasteiger partial charge is 0.0955 e. The lowest BCUT2D eigenvalue weighted by Gasteiger charge is -2.20. The van der Waals surface area contributed by atoms with E-state index in [4.69, 9.17) is 4.74 Å². The van der Waals surface area contributed by atoms with Gasteiger partial charge in [-0.2, -0.15) is 0 Å². The van der Waals surface area contributed by atoms with E-state index in [1.165, 1.54) is 4.90 Å². The summed E-state index contributed by atoms with van der Waals surface area (Å²) in [5, 5.41) is 10.0. The summed E-state index contributed by atoms with van der Waals surface area (Å²) >= 11 is 1.77. The molecule has 0 unspecified atom stereocenters. The van der Waals surface area contributed by atoms with Crippen molar-refractivity contribution in [3.05, 3.63) is 78.4 Å². The highest BCUT2D eigenvalue weighted by atomic mass is 32.2. The molecule has 0 bridgehead atoms. The number of ether oxygens (including phenoxy) is 1. The zero-order chi connectivity index (χ0) is 16.5. The third-order valence-corrected chi connectivity index (χ3v) is 4.41. The first-order chi connectivity index (χ1) is 11.1. The Balaban J connectivity index is 1.76. The molecule has 0 fully saturated rings. The molecule has 0 heterocycles. The monoisotopic (exact) mass is 328 g/mol. The van der Waals surface area contributed by atoms with E-state index in [-0.39, 0.29) is 4.75 Å². The van der Waals surface area contributed by atoms with Crippen LogP contribution in [0.15, 0.2) is 77.7 Å². The van der Waals surface area contributed by atoms with Gasteiger partial charge >= 0.3 is 0 Å². The lowest BCUT2D eigenvalue weighted by molar-refractivity contribution is 0.0502. The number of hydrogen-bond acceptors (Lipinski definition) is 3. The summed E-state index contributed by atoms with van der Waals surface area (Å²) < 4.78 is 5.48. The Bertz CT molecular complexity index is 594. The van der Waals surface area contributed by atoms with Crippen LogP contribution in [0, 0.1) is 0 Å². The molecule has 0 saturated carbocycles. The molecular formula is C20H24O2S. The standard InChI is InChI=1S/C20H24O2S/c1-20(2,23-19-11-7-4-8-12-19)14-13-18(21)16-22-15-17-9-5-3-6-10-17/h3-14,18,21H,15-16H2,1-2H3/b14-13+/t18-/m1/s1. The van der Waals surface area contributed by atoms with Crippen LogP contribution >= 0.6 is 11.8 Å². The van der Waals surface area contributed by atoms with Crippen LogP contribution in [0.4, 0.5) is 0 Å². The molecule has 0 amide bonds. The molecule has 2 aromatic carbocycles. The SMILES string of the molecule is CC(C)(/C=C/[C@@H](O)COCc1ccccc1)Sc1ccccc1. The Labute approximate surface area is 143 Å². The second-order valence-electron chi connectivity index (χ2n) is 5.95. The van der Waals surface area contributed by atoms with Crippen LogP contribution in [0.1, 0.15) is 19.4 Å². The van der Waals surface area contributed by atoms with E-state index >= 15 is 0 Å². The molecule has 0 aliphatic carbocycles. The molecule has 2 aromatic rings. The first-order valence-corrected chi connectivity index (χ1v) is 8.60. The van der Waals surface area contributed by atoms with Crippen molar-refractivity contribution < 1.29 is 9.84 Å². The Morgan fingerprint density at radius 1 is 1.04 bits per heavy atom. The number of hydrogen-bond donors (Lipinski definition) is 1. The van der Waals surface area contributed by atoms with Crippen molar-refractivity contribution in [3.8, 4) is 0 Å². The average Bonchev–Trinajstić information content (AvgIpc) is 2.55. The number of aliphatic hydroxyl groups is 1. The zero-order valence-corrected chi connectivity index (χ0v) is 14.5. The van der Waals surface area contributed by atoms with E-state index in [9.17, 15) is 5.11 Å². The summed E-state index contributed by atoms with van der Waals surface area (Å²) in [6.07, 6.45) is 3.27. The second kappa shape index (κ2) is 8.92. The maximum absolute atomic E-state index is 10.0. The molecule has 0 aromatic heterocycles. The van der Waals surface area contributed by atoms with Crippen LogP contribution in [0.3, 0.4) is 0 Å². The molecule has 0 aliphatic heterocycles. The molecule has 23 heavy (non-hydrogen) atoms. The molecule has 3 heteroatoms. The van der Waals surface area contributed by atoms with E-state index in [0.717, 1.165) is 5.56 Å². The second-order valence-corrected chi connectivity index (χ2v) is 7.67. The lowest BCUT2D eigenvalue weighted by atomic mass is 10.1. The Morgan fingerprint density at radius 3 is 2.30 bits per heavy atom. The van der Waals surface area contributed by atoms with Gasteiger partial charge in [0.1, 0.15) is 0 Å². The van der Waals surface area contributed by atoms with Gasteiger partial charge in [0.2, 0.25) is 0 Å². The Morgan fingerprint density at radius 2 is 1.65 bits per heavy atom. The summed E-state index contributed by atoms with van der Waals surface area (Å²) in [6, 6.07) is 20.3. The quantitative estimate of drug-likeness (QED) is 0.563. The predicted octanol–water partition coefficient (Wildman–Crippen LogP) is 4.69. The topological polar surface area (TPSA) is 29.5 Å². The van der Waals surface area contributed by atoms with Gasteiger partial charge in [-0.3, -0.25) is 0 Å². The summed E-state index contributed by atoms with van der Waals surface area (Å²) in [6.45, 7) is 5.10. The van der Waals surface area contributed by atoms with Crippen molar-refractivity contribution in [1.29, 1.82) is 0 Å². The number of thioether (sulfide) groups is 1. The summed E-state index contributed by atoms with van der Waals surface area (Å²) in [5.41, 5.74) is 1.11. The van der Waals surface area contributed by atoms with Gasteiger partial charge < -0.3 is 9.84 Å². The molecule has 122 valence electrons. The molecule has 2 rings (SSSR count). The fourth-order valence-electron chi connectivity index (χ4n) is 2.10. The van der Waals surface area contributed by atoms with Crippen molar-refractivity contribution >= 4 is 11.8 Å². The van der Waals surface area contributed by atoms with Crippen molar-refractivity contribution in [3.63, 3.8) is 0 Å². The van der Waals surface area contributed by atoms with Gasteiger partial charge in [0.05, 0.1) is 19.3 Å². The summed E-state index contributed by atoms with van der Waals surface area (Å²) in [5.74, 6) is 0. The normalized spacial score (nSPS) is 13.3. The fourth-order valence-corrected chi connectivity index (χ4v) is 3.14. The Kier molecular flexibility index (Phi) is 6.90. The predicted molar refractivity (Wildman–Crippen MR) is 97.6 cm³/mol. The number of aliphatic hydroxyl groups excluding tert-OH is 1. The number of benzene rings is 2. The van der Waals surface area contributed by atoms with Gasteiger partial charge in [0.15, 0.2) is 0 Å². The van der Waals surface area contributed by atoms with Gasteiger partial charge in [-0.15, -0.1) is 11.8 Å². The van der Waals surface area contributed by atoms with Gasteiger partial charge in [-0.25, -0.2) is 0 Å². The molecule has 0 spiro atoms. The van der Waals surface area contributed by atoms with Crippen LogP contribution in [0.2, 0.25) is 0 Å². The van der Waals surface area contributed by atoms with Crippen LogP contribution in [0.25, 0.3) is 0 Å². The number of rotatable bonds is 8. The third kappa shape index (κ3) is 7.04. The maximum Gasteiger partial charge on any atom is 0.0955 e. The van der Waals surface area contributed by atoms with Crippen LogP contribution < -0.4 is 0 Å². The van der Waals surface area contributed by atoms with E-state index < -0.39 is 6.10 Å². The van der Waals surface area contributed by atoms with Crippen molar-refractivity contribution in [2.75, 3.05) is 6.61 Å². The van der Waals surface area contributed by atoms with Crippen molar-refractivity contribution in [2.45, 2.75) is 36.2 Å². The van der Waals surface area contributed by atoms with Crippen LogP contribution in [0.5, 0.6) is 0 Å². The molecule has 0 saturated heterocycles. The highest BCUT2D eigenvalue weighted by Gasteiger charge is 2.16. The van der Waals surface area contributed by atoms with E-state index in [1.807, 2.05) is 60.7 Å². The van der Waals surface area contributed by atoms with Gasteiger partial charge in [-0.05, 0) is 31.5 Å². The molecular weight excluding hydrogens is 304 g/mol. The minimum Gasteiger partial charge on any atom is -0.387 e. The van der Waals surface area contributed by atoms with E-state index in [1.54, 1.807) is 11.8 Å². The molecule has 0 aliphatic rings. The van der Waals surface area contributed by atoms with E-state index in [2.05, 4.69) is 26.0 Å².